The molecule has 1 aromatic heterocycles. The first-order chi connectivity index (χ1) is 9.74. The highest BCUT2D eigenvalue weighted by molar-refractivity contribution is 9.10. The second-order valence-corrected chi connectivity index (χ2v) is 6.06. The summed E-state index contributed by atoms with van der Waals surface area (Å²) < 4.78 is 6.35. The Kier molecular flexibility index (Phi) is 4.14. The Bertz CT molecular complexity index is 586. The van der Waals surface area contributed by atoms with Gasteiger partial charge in [-0.1, -0.05) is 33.2 Å². The van der Waals surface area contributed by atoms with E-state index in [1.54, 1.807) is 0 Å². The summed E-state index contributed by atoms with van der Waals surface area (Å²) in [5.74, 6) is 1.90. The Morgan fingerprint density at radius 2 is 2.35 bits per heavy atom. The van der Waals surface area contributed by atoms with Gasteiger partial charge in [0.25, 0.3) is 0 Å². The first-order valence-electron chi connectivity index (χ1n) is 6.75. The topological polar surface area (TPSA) is 68.2 Å². The van der Waals surface area contributed by atoms with E-state index in [-0.39, 0.29) is 0 Å². The van der Waals surface area contributed by atoms with Crippen molar-refractivity contribution in [1.29, 1.82) is 0 Å². The number of likely N-dealkylation sites (tertiary alicyclic amines) is 1. The highest BCUT2D eigenvalue weighted by atomic mass is 79.9. The second-order valence-electron chi connectivity index (χ2n) is 5.15. The number of halogens is 1. The molecule has 0 amide bonds. The number of nitrogens with two attached hydrogens (primary N) is 1. The van der Waals surface area contributed by atoms with Crippen molar-refractivity contribution in [3.05, 3.63) is 34.6 Å². The van der Waals surface area contributed by atoms with Gasteiger partial charge in [-0.3, -0.25) is 4.90 Å². The predicted octanol–water partition coefficient (Wildman–Crippen LogP) is 2.28. The summed E-state index contributed by atoms with van der Waals surface area (Å²) in [5, 5.41) is 4.05. The van der Waals surface area contributed by atoms with Crippen LogP contribution in [0.1, 0.15) is 12.3 Å². The number of hydrogen-bond donors (Lipinski definition) is 1. The molecule has 2 N–H and O–H groups in total. The molecule has 1 aromatic carbocycles. The zero-order valence-electron chi connectivity index (χ0n) is 11.1. The maximum absolute atomic E-state index is 5.70. The largest absolute Gasteiger partial charge is 0.338 e. The maximum Gasteiger partial charge on any atom is 0.241 e. The van der Waals surface area contributed by atoms with Crippen LogP contribution in [0, 0.1) is 5.92 Å². The third-order valence-electron chi connectivity index (χ3n) is 3.61. The zero-order chi connectivity index (χ0) is 13.9. The SMILES string of the molecule is NCC1CCN(Cc2nc(-c3cccc(Br)c3)no2)C1. The van der Waals surface area contributed by atoms with E-state index < -0.39 is 0 Å². The van der Waals surface area contributed by atoms with Gasteiger partial charge in [0.2, 0.25) is 11.7 Å². The first-order valence-corrected chi connectivity index (χ1v) is 7.55. The molecule has 1 atom stereocenters. The van der Waals surface area contributed by atoms with Gasteiger partial charge in [0.05, 0.1) is 6.54 Å². The average Bonchev–Trinajstić information content (AvgIpc) is 3.08. The van der Waals surface area contributed by atoms with Crippen LogP contribution in [0.5, 0.6) is 0 Å². The normalized spacial score (nSPS) is 19.6. The molecule has 2 aromatic rings. The third-order valence-corrected chi connectivity index (χ3v) is 4.11. The van der Waals surface area contributed by atoms with Gasteiger partial charge in [0, 0.05) is 16.6 Å². The predicted molar refractivity (Wildman–Crippen MR) is 79.9 cm³/mol. The van der Waals surface area contributed by atoms with E-state index >= 15 is 0 Å². The fourth-order valence-corrected chi connectivity index (χ4v) is 2.90. The number of rotatable bonds is 4. The van der Waals surface area contributed by atoms with Crippen molar-refractivity contribution in [1.82, 2.24) is 15.0 Å². The van der Waals surface area contributed by atoms with Crippen LogP contribution in [0.15, 0.2) is 33.3 Å². The Labute approximate surface area is 126 Å². The van der Waals surface area contributed by atoms with Crippen molar-refractivity contribution in [2.45, 2.75) is 13.0 Å². The third kappa shape index (κ3) is 3.08. The zero-order valence-corrected chi connectivity index (χ0v) is 12.7. The lowest BCUT2D eigenvalue weighted by atomic mass is 10.1. The fraction of sp³-hybridized carbons (Fsp3) is 0.429. The molecule has 1 unspecified atom stereocenters. The van der Waals surface area contributed by atoms with Crippen LogP contribution in [0.3, 0.4) is 0 Å². The molecule has 3 rings (SSSR count). The van der Waals surface area contributed by atoms with Crippen LogP contribution < -0.4 is 5.73 Å². The minimum atomic E-state index is 0.600. The highest BCUT2D eigenvalue weighted by Gasteiger charge is 2.23. The minimum absolute atomic E-state index is 0.600. The molecule has 5 nitrogen and oxygen atoms in total. The quantitative estimate of drug-likeness (QED) is 0.927. The molecule has 0 aliphatic carbocycles. The van der Waals surface area contributed by atoms with Crippen LogP contribution in [0.2, 0.25) is 0 Å². The number of nitrogens with zero attached hydrogens (tertiary/aromatic N) is 3. The van der Waals surface area contributed by atoms with Gasteiger partial charge < -0.3 is 10.3 Å². The summed E-state index contributed by atoms with van der Waals surface area (Å²) in [6, 6.07) is 7.89. The van der Waals surface area contributed by atoms with E-state index in [0.717, 1.165) is 36.1 Å². The van der Waals surface area contributed by atoms with Crippen LogP contribution in [-0.4, -0.2) is 34.7 Å². The molecule has 1 fully saturated rings. The summed E-state index contributed by atoms with van der Waals surface area (Å²) >= 11 is 3.45. The van der Waals surface area contributed by atoms with Crippen LogP contribution in [-0.2, 0) is 6.54 Å². The monoisotopic (exact) mass is 336 g/mol. The van der Waals surface area contributed by atoms with Crippen molar-refractivity contribution in [3.63, 3.8) is 0 Å². The fourth-order valence-electron chi connectivity index (χ4n) is 2.50. The van der Waals surface area contributed by atoms with E-state index in [1.165, 1.54) is 0 Å². The summed E-state index contributed by atoms with van der Waals surface area (Å²) in [6.07, 6.45) is 1.16. The minimum Gasteiger partial charge on any atom is -0.338 e. The molecule has 0 bridgehead atoms. The lowest BCUT2D eigenvalue weighted by molar-refractivity contribution is 0.261. The molecule has 1 aliphatic heterocycles. The van der Waals surface area contributed by atoms with Gasteiger partial charge in [-0.15, -0.1) is 0 Å². The highest BCUT2D eigenvalue weighted by Crippen LogP contribution is 2.22. The van der Waals surface area contributed by atoms with Crippen molar-refractivity contribution < 1.29 is 4.52 Å². The van der Waals surface area contributed by atoms with Crippen molar-refractivity contribution >= 4 is 15.9 Å². The number of benzene rings is 1. The Morgan fingerprint density at radius 3 is 3.10 bits per heavy atom. The molecular formula is C14H17BrN4O. The van der Waals surface area contributed by atoms with Gasteiger partial charge in [0.1, 0.15) is 0 Å². The van der Waals surface area contributed by atoms with E-state index in [1.807, 2.05) is 24.3 Å². The number of aromatic nitrogens is 2. The Hall–Kier alpha value is -1.24. The molecule has 20 heavy (non-hydrogen) atoms. The van der Waals surface area contributed by atoms with Crippen LogP contribution in [0.25, 0.3) is 11.4 Å². The van der Waals surface area contributed by atoms with Gasteiger partial charge in [0.15, 0.2) is 0 Å². The van der Waals surface area contributed by atoms with Crippen molar-refractivity contribution in [2.24, 2.45) is 11.7 Å². The smallest absolute Gasteiger partial charge is 0.241 e. The number of hydrogen-bond acceptors (Lipinski definition) is 5. The van der Waals surface area contributed by atoms with E-state index in [2.05, 4.69) is 31.0 Å². The Balaban J connectivity index is 1.68. The summed E-state index contributed by atoms with van der Waals surface area (Å²) in [5.41, 5.74) is 6.66. The van der Waals surface area contributed by atoms with E-state index in [4.69, 9.17) is 10.3 Å². The van der Waals surface area contributed by atoms with E-state index in [0.29, 0.717) is 24.2 Å². The summed E-state index contributed by atoms with van der Waals surface area (Å²) in [7, 11) is 0. The lowest BCUT2D eigenvalue weighted by Gasteiger charge is -2.12. The molecular weight excluding hydrogens is 320 g/mol. The lowest BCUT2D eigenvalue weighted by Crippen LogP contribution is -2.22. The Morgan fingerprint density at radius 1 is 1.45 bits per heavy atom. The molecule has 0 spiro atoms. The molecule has 0 radical (unpaired) electrons. The van der Waals surface area contributed by atoms with Gasteiger partial charge in [-0.25, -0.2) is 0 Å². The standard InChI is InChI=1S/C14H17BrN4O/c15-12-3-1-2-11(6-12)14-17-13(20-18-14)9-19-5-4-10(7-16)8-19/h1-3,6,10H,4-5,7-9,16H2. The molecule has 1 aliphatic rings. The van der Waals surface area contributed by atoms with Gasteiger partial charge in [-0.05, 0) is 37.6 Å². The molecule has 106 valence electrons. The average molecular weight is 337 g/mol. The molecule has 0 saturated carbocycles. The van der Waals surface area contributed by atoms with Gasteiger partial charge in [-0.2, -0.15) is 4.98 Å². The van der Waals surface area contributed by atoms with Crippen LogP contribution >= 0.6 is 15.9 Å². The maximum atomic E-state index is 5.70. The van der Waals surface area contributed by atoms with Crippen molar-refractivity contribution in [2.75, 3.05) is 19.6 Å². The summed E-state index contributed by atoms with van der Waals surface area (Å²) in [6.45, 7) is 3.53. The van der Waals surface area contributed by atoms with Crippen molar-refractivity contribution in [3.8, 4) is 11.4 Å². The second kappa shape index (κ2) is 6.03. The molecule has 2 heterocycles. The van der Waals surface area contributed by atoms with Crippen LogP contribution in [0.4, 0.5) is 0 Å². The first kappa shape index (κ1) is 13.7. The molecule has 6 heteroatoms. The van der Waals surface area contributed by atoms with E-state index in [9.17, 15) is 0 Å². The van der Waals surface area contributed by atoms with Gasteiger partial charge >= 0.3 is 0 Å². The summed E-state index contributed by atoms with van der Waals surface area (Å²) in [4.78, 5) is 6.78. The molecule has 1 saturated heterocycles.